The third-order valence-corrected chi connectivity index (χ3v) is 3.82. The number of hydrogen-bond acceptors (Lipinski definition) is 8. The summed E-state index contributed by atoms with van der Waals surface area (Å²) < 4.78 is 42.0. The van der Waals surface area contributed by atoms with E-state index in [1.165, 1.54) is 0 Å². The van der Waals surface area contributed by atoms with E-state index in [0.29, 0.717) is 4.57 Å². The van der Waals surface area contributed by atoms with Crippen molar-refractivity contribution in [1.29, 1.82) is 0 Å². The van der Waals surface area contributed by atoms with Gasteiger partial charge in [-0.1, -0.05) is 34.8 Å². The van der Waals surface area contributed by atoms with Gasteiger partial charge in [0.25, 0.3) is 0 Å². The Labute approximate surface area is 176 Å². The first kappa shape index (κ1) is 23.5. The van der Waals surface area contributed by atoms with Crippen molar-refractivity contribution in [3.8, 4) is 0 Å². The lowest BCUT2D eigenvalue weighted by Crippen LogP contribution is -2.44. The molecule has 0 aromatic carbocycles. The molecule has 29 heavy (non-hydrogen) atoms. The van der Waals surface area contributed by atoms with Crippen molar-refractivity contribution in [1.82, 2.24) is 9.55 Å². The van der Waals surface area contributed by atoms with Crippen molar-refractivity contribution in [2.75, 3.05) is 18.5 Å². The van der Waals surface area contributed by atoms with E-state index in [0.717, 1.165) is 19.2 Å². The van der Waals surface area contributed by atoms with Crippen LogP contribution in [-0.4, -0.2) is 61.9 Å². The van der Waals surface area contributed by atoms with Crippen LogP contribution in [0.15, 0.2) is 17.1 Å². The molecule has 15 heteroatoms. The number of carbonyl (C=O) groups excluding carboxylic acids is 2. The first-order valence-corrected chi connectivity index (χ1v) is 8.89. The number of carbonyl (C=O) groups is 2. The lowest BCUT2D eigenvalue weighted by Gasteiger charge is -2.24. The molecule has 1 aliphatic rings. The van der Waals surface area contributed by atoms with Crippen LogP contribution in [0.1, 0.15) is 13.2 Å². The third-order valence-electron chi connectivity index (χ3n) is 3.49. The minimum Gasteiger partial charge on any atom is -0.430 e. The minimum absolute atomic E-state index is 0.165. The van der Waals surface area contributed by atoms with Gasteiger partial charge >= 0.3 is 17.8 Å². The summed E-state index contributed by atoms with van der Waals surface area (Å²) in [4.78, 5) is 38.2. The van der Waals surface area contributed by atoms with Crippen molar-refractivity contribution < 1.29 is 37.7 Å². The summed E-state index contributed by atoms with van der Waals surface area (Å²) in [5, 5.41) is 11.5. The van der Waals surface area contributed by atoms with E-state index in [1.54, 1.807) is 0 Å². The Morgan fingerprint density at radius 3 is 2.62 bits per heavy atom. The Morgan fingerprint density at radius 1 is 1.45 bits per heavy atom. The Morgan fingerprint density at radius 2 is 2.10 bits per heavy atom. The van der Waals surface area contributed by atoms with Gasteiger partial charge in [-0.3, -0.25) is 9.36 Å². The molecule has 0 radical (unpaired) electrons. The standard InChI is InChI=1S/C14H14Cl3F2N3O7/c1-6(24)20-8-2-3-22(11(25)21-8)10-14(18,19)9(7(4-23)28-10)29-12(26)27-5-13(15,16)17/h2-3,7,9-10,23H,4-5H2,1H3,(H,20,21,24,25)/t7-,9-,10-/m1/s1. The maximum Gasteiger partial charge on any atom is 0.509 e. The van der Waals surface area contributed by atoms with Crippen LogP contribution in [0.4, 0.5) is 19.4 Å². The fraction of sp³-hybridized carbons (Fsp3) is 0.571. The fourth-order valence-electron chi connectivity index (χ4n) is 2.38. The number of aromatic nitrogens is 2. The van der Waals surface area contributed by atoms with Crippen LogP contribution in [0.2, 0.25) is 0 Å². The Hall–Kier alpha value is -1.73. The third kappa shape index (κ3) is 5.89. The summed E-state index contributed by atoms with van der Waals surface area (Å²) in [7, 11) is 0. The average molecular weight is 481 g/mol. The Bertz CT molecular complexity index is 833. The maximum absolute atomic E-state index is 14.8. The monoisotopic (exact) mass is 479 g/mol. The van der Waals surface area contributed by atoms with Crippen LogP contribution in [0, 0.1) is 0 Å². The molecule has 0 bridgehead atoms. The van der Waals surface area contributed by atoms with Crippen LogP contribution in [-0.2, 0) is 19.0 Å². The summed E-state index contributed by atoms with van der Waals surface area (Å²) >= 11 is 16.2. The highest BCUT2D eigenvalue weighted by atomic mass is 35.6. The van der Waals surface area contributed by atoms with Crippen molar-refractivity contribution in [2.45, 2.75) is 35.1 Å². The molecule has 1 aromatic rings. The molecule has 0 unspecified atom stereocenters. The number of aliphatic hydroxyl groups excluding tert-OH is 1. The average Bonchev–Trinajstić information content (AvgIpc) is 2.83. The number of alkyl halides is 5. The first-order chi connectivity index (χ1) is 13.3. The van der Waals surface area contributed by atoms with Crippen LogP contribution in [0.3, 0.4) is 0 Å². The summed E-state index contributed by atoms with van der Waals surface area (Å²) in [6, 6.07) is 1.08. The van der Waals surface area contributed by atoms with Gasteiger partial charge in [0.15, 0.2) is 0 Å². The molecular weight excluding hydrogens is 467 g/mol. The summed E-state index contributed by atoms with van der Waals surface area (Å²) in [5.41, 5.74) is -1.18. The minimum atomic E-state index is -3.98. The van der Waals surface area contributed by atoms with Gasteiger partial charge in [-0.25, -0.2) is 9.59 Å². The van der Waals surface area contributed by atoms with Gasteiger partial charge < -0.3 is 24.6 Å². The Kier molecular flexibility index (Phi) is 7.28. The van der Waals surface area contributed by atoms with Crippen molar-refractivity contribution in [3.63, 3.8) is 0 Å². The number of nitrogens with one attached hydrogen (secondary N) is 1. The molecule has 0 spiro atoms. The second-order valence-corrected chi connectivity index (χ2v) is 8.28. The van der Waals surface area contributed by atoms with Crippen molar-refractivity contribution in [3.05, 3.63) is 22.7 Å². The topological polar surface area (TPSA) is 129 Å². The molecule has 1 amide bonds. The van der Waals surface area contributed by atoms with Crippen molar-refractivity contribution in [2.24, 2.45) is 0 Å². The van der Waals surface area contributed by atoms with E-state index in [-0.39, 0.29) is 5.82 Å². The van der Waals surface area contributed by atoms with Gasteiger partial charge in [0, 0.05) is 13.1 Å². The number of aliphatic hydroxyl groups is 1. The van der Waals surface area contributed by atoms with Gasteiger partial charge in [0.1, 0.15) is 18.5 Å². The van der Waals surface area contributed by atoms with E-state index in [9.17, 15) is 28.3 Å². The van der Waals surface area contributed by atoms with Gasteiger partial charge in [-0.2, -0.15) is 13.8 Å². The van der Waals surface area contributed by atoms with E-state index in [2.05, 4.69) is 19.8 Å². The van der Waals surface area contributed by atoms with E-state index < -0.39 is 59.1 Å². The molecular formula is C14H14Cl3F2N3O7. The molecule has 162 valence electrons. The lowest BCUT2D eigenvalue weighted by molar-refractivity contribution is -0.146. The number of ether oxygens (including phenoxy) is 3. The number of anilines is 1. The number of halogens is 5. The number of amides is 1. The molecule has 1 aliphatic heterocycles. The molecule has 0 saturated carbocycles. The van der Waals surface area contributed by atoms with E-state index in [1.807, 2.05) is 0 Å². The summed E-state index contributed by atoms with van der Waals surface area (Å²) in [6.45, 7) is -0.589. The second-order valence-electron chi connectivity index (χ2n) is 5.76. The van der Waals surface area contributed by atoms with Gasteiger partial charge in [-0.05, 0) is 6.07 Å². The largest absolute Gasteiger partial charge is 0.509 e. The number of rotatable bonds is 5. The molecule has 0 aliphatic carbocycles. The van der Waals surface area contributed by atoms with Crippen LogP contribution in [0.25, 0.3) is 0 Å². The second kappa shape index (κ2) is 8.96. The molecule has 1 aromatic heterocycles. The van der Waals surface area contributed by atoms with E-state index in [4.69, 9.17) is 39.5 Å². The zero-order chi connectivity index (χ0) is 22.0. The van der Waals surface area contributed by atoms with Gasteiger partial charge in [-0.15, -0.1) is 0 Å². The molecule has 2 rings (SSSR count). The number of nitrogens with zero attached hydrogens (tertiary/aromatic N) is 2. The van der Waals surface area contributed by atoms with Crippen LogP contribution >= 0.6 is 34.8 Å². The van der Waals surface area contributed by atoms with E-state index >= 15 is 0 Å². The fourth-order valence-corrected chi connectivity index (χ4v) is 2.54. The summed E-state index contributed by atoms with van der Waals surface area (Å²) in [5.74, 6) is -4.67. The molecule has 10 nitrogen and oxygen atoms in total. The SMILES string of the molecule is CC(=O)Nc1ccn([C@@H]2O[C@H](CO)[C@@H](OC(=O)OCC(Cl)(Cl)Cl)C2(F)F)c(=O)n1. The van der Waals surface area contributed by atoms with Crippen LogP contribution in [0.5, 0.6) is 0 Å². The Balaban J connectivity index is 2.22. The highest BCUT2D eigenvalue weighted by molar-refractivity contribution is 6.67. The lowest BCUT2D eigenvalue weighted by atomic mass is 10.1. The van der Waals surface area contributed by atoms with Gasteiger partial charge in [0.05, 0.1) is 6.61 Å². The van der Waals surface area contributed by atoms with Crippen molar-refractivity contribution >= 4 is 52.7 Å². The predicted molar refractivity (Wildman–Crippen MR) is 95.3 cm³/mol. The predicted octanol–water partition coefficient (Wildman–Crippen LogP) is 1.62. The molecule has 1 saturated heterocycles. The zero-order valence-corrected chi connectivity index (χ0v) is 16.7. The van der Waals surface area contributed by atoms with Crippen LogP contribution < -0.4 is 11.0 Å². The normalized spacial score (nSPS) is 23.5. The van der Waals surface area contributed by atoms with Gasteiger partial charge in [0.2, 0.25) is 22.0 Å². The molecule has 2 N–H and O–H groups in total. The highest BCUT2D eigenvalue weighted by Gasteiger charge is 2.62. The quantitative estimate of drug-likeness (QED) is 0.480. The molecule has 1 fully saturated rings. The smallest absolute Gasteiger partial charge is 0.430 e. The first-order valence-electron chi connectivity index (χ1n) is 7.76. The zero-order valence-electron chi connectivity index (χ0n) is 14.5. The highest BCUT2D eigenvalue weighted by Crippen LogP contribution is 2.44. The molecule has 2 heterocycles. The maximum atomic E-state index is 14.8. The summed E-state index contributed by atoms with van der Waals surface area (Å²) in [6.07, 6.45) is -6.98. The number of hydrogen-bond donors (Lipinski definition) is 2. The molecule has 3 atom stereocenters.